The predicted octanol–water partition coefficient (Wildman–Crippen LogP) is 2.17. The molecule has 0 aliphatic carbocycles. The number of nitrogens with zero attached hydrogens (tertiary/aromatic N) is 2. The molecule has 138 valence electrons. The van der Waals surface area contributed by atoms with Gasteiger partial charge in [-0.2, -0.15) is 0 Å². The summed E-state index contributed by atoms with van der Waals surface area (Å²) in [6, 6.07) is 9.54. The summed E-state index contributed by atoms with van der Waals surface area (Å²) < 4.78 is 0. The highest BCUT2D eigenvalue weighted by atomic mass is 35.5. The van der Waals surface area contributed by atoms with Crippen LogP contribution in [0.4, 0.5) is 10.5 Å². The van der Waals surface area contributed by atoms with Crippen LogP contribution >= 0.6 is 12.4 Å². The second-order valence-corrected chi connectivity index (χ2v) is 6.67. The monoisotopic (exact) mass is 366 g/mol. The van der Waals surface area contributed by atoms with E-state index in [9.17, 15) is 9.59 Å². The molecule has 0 bridgehead atoms. The number of urea groups is 1. The molecule has 0 aromatic heterocycles. The Kier molecular flexibility index (Phi) is 7.08. The summed E-state index contributed by atoms with van der Waals surface area (Å²) >= 11 is 0. The average molecular weight is 367 g/mol. The number of amides is 3. The molecule has 2 aliphatic rings. The molecule has 0 saturated carbocycles. The van der Waals surface area contributed by atoms with Gasteiger partial charge in [0.05, 0.1) is 5.92 Å². The molecular formula is C18H27ClN4O2. The van der Waals surface area contributed by atoms with Crippen LogP contribution in [0.15, 0.2) is 30.3 Å². The lowest BCUT2D eigenvalue weighted by molar-refractivity contribution is -0.139. The fourth-order valence-electron chi connectivity index (χ4n) is 3.49. The van der Waals surface area contributed by atoms with Gasteiger partial charge in [0.25, 0.3) is 0 Å². The lowest BCUT2D eigenvalue weighted by atomic mass is 9.95. The number of benzene rings is 1. The van der Waals surface area contributed by atoms with E-state index in [1.54, 1.807) is 4.90 Å². The maximum Gasteiger partial charge on any atom is 0.321 e. The first-order valence-electron chi connectivity index (χ1n) is 8.77. The molecule has 6 nitrogen and oxygen atoms in total. The Hall–Kier alpha value is -1.79. The number of piperazine rings is 1. The van der Waals surface area contributed by atoms with Crippen LogP contribution in [0.5, 0.6) is 0 Å². The molecule has 7 heteroatoms. The van der Waals surface area contributed by atoms with Crippen molar-refractivity contribution in [3.63, 3.8) is 0 Å². The van der Waals surface area contributed by atoms with Gasteiger partial charge in [-0.3, -0.25) is 4.79 Å². The van der Waals surface area contributed by atoms with Gasteiger partial charge in [-0.15, -0.1) is 12.4 Å². The molecule has 3 amide bonds. The van der Waals surface area contributed by atoms with E-state index in [0.29, 0.717) is 13.1 Å². The van der Waals surface area contributed by atoms with Crippen LogP contribution in [0.3, 0.4) is 0 Å². The van der Waals surface area contributed by atoms with E-state index in [4.69, 9.17) is 0 Å². The Morgan fingerprint density at radius 1 is 1.20 bits per heavy atom. The number of hydrogen-bond donors (Lipinski definition) is 2. The second-order valence-electron chi connectivity index (χ2n) is 6.67. The molecule has 3 rings (SSSR count). The van der Waals surface area contributed by atoms with Crippen LogP contribution in [-0.4, -0.2) is 60.5 Å². The van der Waals surface area contributed by atoms with Crippen LogP contribution in [0, 0.1) is 5.92 Å². The summed E-state index contributed by atoms with van der Waals surface area (Å²) in [5.41, 5.74) is 0.784. The van der Waals surface area contributed by atoms with Gasteiger partial charge in [0.15, 0.2) is 0 Å². The zero-order chi connectivity index (χ0) is 16.9. The Morgan fingerprint density at radius 3 is 2.68 bits per heavy atom. The van der Waals surface area contributed by atoms with Gasteiger partial charge >= 0.3 is 6.03 Å². The van der Waals surface area contributed by atoms with E-state index in [0.717, 1.165) is 38.2 Å². The van der Waals surface area contributed by atoms with Crippen molar-refractivity contribution in [2.24, 2.45) is 5.92 Å². The second kappa shape index (κ2) is 9.06. The lowest BCUT2D eigenvalue weighted by Gasteiger charge is -2.39. The van der Waals surface area contributed by atoms with Gasteiger partial charge in [-0.05, 0) is 31.9 Å². The molecule has 2 saturated heterocycles. The molecule has 2 aliphatic heterocycles. The van der Waals surface area contributed by atoms with E-state index >= 15 is 0 Å². The number of halogens is 1. The van der Waals surface area contributed by atoms with Crippen molar-refractivity contribution in [3.8, 4) is 0 Å². The number of piperidine rings is 1. The molecule has 1 unspecified atom stereocenters. The number of hydrogen-bond acceptors (Lipinski definition) is 3. The minimum Gasteiger partial charge on any atom is -0.337 e. The molecule has 0 radical (unpaired) electrons. The Balaban J connectivity index is 0.00000225. The first kappa shape index (κ1) is 19.5. The standard InChI is InChI=1S/C18H26N4O2.ClH/c1-14-12-19-9-11-22(14)17(23)15-6-5-10-21(13-15)18(24)20-16-7-3-2-4-8-16;/h2-4,7-8,14-15,19H,5-6,9-13H2,1H3,(H,20,24);1H/t14-,15?;/m1./s1. The summed E-state index contributed by atoms with van der Waals surface area (Å²) in [6.07, 6.45) is 1.74. The number of nitrogens with one attached hydrogen (secondary N) is 2. The van der Waals surface area contributed by atoms with E-state index in [1.165, 1.54) is 0 Å². The molecule has 2 heterocycles. The van der Waals surface area contributed by atoms with Gasteiger partial charge in [-0.1, -0.05) is 18.2 Å². The van der Waals surface area contributed by atoms with Crippen LogP contribution in [0.1, 0.15) is 19.8 Å². The Labute approximate surface area is 155 Å². The number of likely N-dealkylation sites (tertiary alicyclic amines) is 1. The third-order valence-corrected chi connectivity index (χ3v) is 4.87. The van der Waals surface area contributed by atoms with Crippen molar-refractivity contribution >= 4 is 30.0 Å². The molecular weight excluding hydrogens is 340 g/mol. The highest BCUT2D eigenvalue weighted by molar-refractivity contribution is 5.90. The smallest absolute Gasteiger partial charge is 0.321 e. The summed E-state index contributed by atoms with van der Waals surface area (Å²) in [7, 11) is 0. The highest BCUT2D eigenvalue weighted by Gasteiger charge is 2.33. The SMILES string of the molecule is C[C@@H]1CNCCN1C(=O)C1CCCN(C(=O)Nc2ccccc2)C1.Cl. The number of carbonyl (C=O) groups is 2. The van der Waals surface area contributed by atoms with Crippen LogP contribution < -0.4 is 10.6 Å². The van der Waals surface area contributed by atoms with Crippen molar-refractivity contribution in [2.45, 2.75) is 25.8 Å². The van der Waals surface area contributed by atoms with E-state index in [2.05, 4.69) is 17.6 Å². The zero-order valence-corrected chi connectivity index (χ0v) is 15.4. The van der Waals surface area contributed by atoms with Gasteiger partial charge in [-0.25, -0.2) is 4.79 Å². The third-order valence-electron chi connectivity index (χ3n) is 4.87. The molecule has 2 atom stereocenters. The van der Waals surface area contributed by atoms with Gasteiger partial charge < -0.3 is 20.4 Å². The molecule has 0 spiro atoms. The first-order chi connectivity index (χ1) is 11.6. The van der Waals surface area contributed by atoms with Crippen LogP contribution in [0.25, 0.3) is 0 Å². The number of anilines is 1. The molecule has 1 aromatic carbocycles. The summed E-state index contributed by atoms with van der Waals surface area (Å²) in [4.78, 5) is 29.0. The predicted molar refractivity (Wildman–Crippen MR) is 101 cm³/mol. The third kappa shape index (κ3) is 4.86. The van der Waals surface area contributed by atoms with E-state index < -0.39 is 0 Å². The van der Waals surface area contributed by atoms with Crippen LogP contribution in [0.2, 0.25) is 0 Å². The van der Waals surface area contributed by atoms with Gasteiger partial charge in [0.1, 0.15) is 0 Å². The lowest BCUT2D eigenvalue weighted by Crippen LogP contribution is -2.56. The number of rotatable bonds is 2. The topological polar surface area (TPSA) is 64.7 Å². The van der Waals surface area contributed by atoms with Crippen LogP contribution in [-0.2, 0) is 4.79 Å². The summed E-state index contributed by atoms with van der Waals surface area (Å²) in [5, 5.41) is 6.22. The number of para-hydroxylation sites is 1. The maximum absolute atomic E-state index is 12.8. The fourth-order valence-corrected chi connectivity index (χ4v) is 3.49. The first-order valence-corrected chi connectivity index (χ1v) is 8.77. The Morgan fingerprint density at radius 2 is 1.96 bits per heavy atom. The maximum atomic E-state index is 12.8. The quantitative estimate of drug-likeness (QED) is 0.843. The van der Waals surface area contributed by atoms with Crippen molar-refractivity contribution < 1.29 is 9.59 Å². The average Bonchev–Trinajstić information content (AvgIpc) is 2.62. The van der Waals surface area contributed by atoms with Crippen molar-refractivity contribution in [3.05, 3.63) is 30.3 Å². The van der Waals surface area contributed by atoms with E-state index in [1.807, 2.05) is 35.2 Å². The molecule has 2 N–H and O–H groups in total. The fraction of sp³-hybridized carbons (Fsp3) is 0.556. The normalized spacial score (nSPS) is 23.6. The number of carbonyl (C=O) groups excluding carboxylic acids is 2. The molecule has 1 aromatic rings. The summed E-state index contributed by atoms with van der Waals surface area (Å²) in [6.45, 7) is 5.74. The largest absolute Gasteiger partial charge is 0.337 e. The van der Waals surface area contributed by atoms with Gasteiger partial charge in [0, 0.05) is 44.5 Å². The highest BCUT2D eigenvalue weighted by Crippen LogP contribution is 2.21. The van der Waals surface area contributed by atoms with Crippen molar-refractivity contribution in [1.29, 1.82) is 0 Å². The van der Waals surface area contributed by atoms with E-state index in [-0.39, 0.29) is 36.3 Å². The zero-order valence-electron chi connectivity index (χ0n) is 14.6. The molecule has 2 fully saturated rings. The Bertz CT molecular complexity index is 584. The van der Waals surface area contributed by atoms with Gasteiger partial charge in [0.2, 0.25) is 5.91 Å². The summed E-state index contributed by atoms with van der Waals surface area (Å²) in [5.74, 6) is 0.113. The van der Waals surface area contributed by atoms with Crippen molar-refractivity contribution in [2.75, 3.05) is 38.0 Å². The molecule has 25 heavy (non-hydrogen) atoms. The van der Waals surface area contributed by atoms with Crippen molar-refractivity contribution in [1.82, 2.24) is 15.1 Å². The minimum atomic E-state index is -0.118. The minimum absolute atomic E-state index is 0.